The standard InChI is InChI=1S/C50H82O9/c1-8-11-14-17-20-23-26-29-41(51)57-35-38-33-39-44-47(6,7)50(44,59-43(53)31-28-25-22-19-16-13-10-3)46(58-42(52)30-27-24-21-18-15-12-9-2)37(5)49(39,56)40-32-36(4)45(54)48(40,55)34-38/h32-33,37,39-40,44,46,55-56H,8-31,34-35H2,1-7H3/t37-,39+,40-,44-,46-,48-,49-,50-/m1/s1. The molecule has 0 aliphatic heterocycles. The monoisotopic (exact) mass is 827 g/mol. The van der Waals surface area contributed by atoms with Crippen LogP contribution < -0.4 is 0 Å². The van der Waals surface area contributed by atoms with E-state index in [0.29, 0.717) is 24.0 Å². The largest absolute Gasteiger partial charge is 0.461 e. The van der Waals surface area contributed by atoms with Gasteiger partial charge in [-0.3, -0.25) is 19.2 Å². The smallest absolute Gasteiger partial charge is 0.306 e. The van der Waals surface area contributed by atoms with Gasteiger partial charge in [0.15, 0.2) is 11.4 Å². The zero-order chi connectivity index (χ0) is 43.3. The Labute approximate surface area is 357 Å². The lowest BCUT2D eigenvalue weighted by atomic mass is 9.59. The van der Waals surface area contributed by atoms with Crippen molar-refractivity contribution in [1.29, 1.82) is 0 Å². The number of hydrogen-bond donors (Lipinski definition) is 2. The average Bonchev–Trinajstić information content (AvgIpc) is 3.62. The average molecular weight is 827 g/mol. The zero-order valence-electron chi connectivity index (χ0n) is 38.2. The molecule has 9 nitrogen and oxygen atoms in total. The molecule has 0 aromatic heterocycles. The molecule has 0 unspecified atom stereocenters. The van der Waals surface area contributed by atoms with Crippen molar-refractivity contribution in [2.24, 2.45) is 29.1 Å². The highest BCUT2D eigenvalue weighted by Crippen LogP contribution is 2.77. The molecule has 0 radical (unpaired) electrons. The maximum Gasteiger partial charge on any atom is 0.306 e. The molecule has 2 fully saturated rings. The lowest BCUT2D eigenvalue weighted by molar-refractivity contribution is -0.229. The van der Waals surface area contributed by atoms with Gasteiger partial charge in [-0.1, -0.05) is 169 Å². The van der Waals surface area contributed by atoms with Crippen LogP contribution in [-0.2, 0) is 33.4 Å². The number of carbonyl (C=O) groups is 4. The van der Waals surface area contributed by atoms with Gasteiger partial charge >= 0.3 is 17.9 Å². The summed E-state index contributed by atoms with van der Waals surface area (Å²) >= 11 is 0. The van der Waals surface area contributed by atoms with Crippen LogP contribution >= 0.6 is 0 Å². The normalized spacial score (nSPS) is 30.3. The molecular formula is C50H82O9. The first-order valence-electron chi connectivity index (χ1n) is 24.1. The molecular weight excluding hydrogens is 745 g/mol. The second-order valence-corrected chi connectivity index (χ2v) is 19.4. The number of ether oxygens (including phenoxy) is 3. The van der Waals surface area contributed by atoms with Crippen LogP contribution in [0.4, 0.5) is 0 Å². The third-order valence-corrected chi connectivity index (χ3v) is 14.7. The number of hydrogen-bond acceptors (Lipinski definition) is 9. The minimum atomic E-state index is -1.99. The Hall–Kier alpha value is -2.52. The topological polar surface area (TPSA) is 136 Å². The molecule has 0 heterocycles. The number of esters is 3. The van der Waals surface area contributed by atoms with Crippen molar-refractivity contribution in [1.82, 2.24) is 0 Å². The Bertz CT molecular complexity index is 1460. The molecule has 0 aromatic rings. The lowest BCUT2D eigenvalue weighted by Gasteiger charge is -2.53. The third-order valence-electron chi connectivity index (χ3n) is 14.7. The zero-order valence-corrected chi connectivity index (χ0v) is 38.2. The maximum atomic E-state index is 13.9. The Morgan fingerprint density at radius 3 is 1.64 bits per heavy atom. The van der Waals surface area contributed by atoms with Crippen molar-refractivity contribution in [3.63, 3.8) is 0 Å². The van der Waals surface area contributed by atoms with E-state index in [1.807, 2.05) is 26.8 Å². The Morgan fingerprint density at radius 2 is 1.14 bits per heavy atom. The molecule has 336 valence electrons. The molecule has 4 aliphatic carbocycles. The fraction of sp³-hybridized carbons (Fsp3) is 0.840. The van der Waals surface area contributed by atoms with Crippen LogP contribution in [0.25, 0.3) is 0 Å². The van der Waals surface area contributed by atoms with Gasteiger partial charge in [-0.05, 0) is 37.3 Å². The lowest BCUT2D eigenvalue weighted by Crippen LogP contribution is -2.66. The van der Waals surface area contributed by atoms with Gasteiger partial charge in [-0.15, -0.1) is 0 Å². The van der Waals surface area contributed by atoms with E-state index in [1.54, 1.807) is 13.0 Å². The predicted molar refractivity (Wildman–Crippen MR) is 232 cm³/mol. The van der Waals surface area contributed by atoms with Crippen LogP contribution in [0.5, 0.6) is 0 Å². The van der Waals surface area contributed by atoms with E-state index in [9.17, 15) is 29.4 Å². The molecule has 0 aromatic carbocycles. The minimum Gasteiger partial charge on any atom is -0.461 e. The van der Waals surface area contributed by atoms with E-state index >= 15 is 0 Å². The van der Waals surface area contributed by atoms with Crippen LogP contribution in [0, 0.1) is 29.1 Å². The summed E-state index contributed by atoms with van der Waals surface area (Å²) in [5, 5.41) is 25.8. The second kappa shape index (κ2) is 22.5. The van der Waals surface area contributed by atoms with Crippen LogP contribution in [0.2, 0.25) is 0 Å². The quantitative estimate of drug-likeness (QED) is 0.0342. The fourth-order valence-electron chi connectivity index (χ4n) is 11.2. The summed E-state index contributed by atoms with van der Waals surface area (Å²) in [5.74, 6) is -4.62. The van der Waals surface area contributed by atoms with Gasteiger partial charge in [0.1, 0.15) is 18.3 Å². The van der Waals surface area contributed by atoms with E-state index in [1.165, 1.54) is 57.8 Å². The highest BCUT2D eigenvalue weighted by Gasteiger charge is 2.88. The number of carbonyl (C=O) groups excluding carboxylic acids is 4. The van der Waals surface area contributed by atoms with Crippen molar-refractivity contribution >= 4 is 23.7 Å². The molecule has 2 N–H and O–H groups in total. The number of fused-ring (bicyclic) bond motifs is 5. The summed E-state index contributed by atoms with van der Waals surface area (Å²) in [5.41, 5.74) is -4.82. The van der Waals surface area contributed by atoms with Gasteiger partial charge < -0.3 is 24.4 Å². The Kier molecular flexibility index (Phi) is 18.8. The molecule has 2 saturated carbocycles. The van der Waals surface area contributed by atoms with Gasteiger partial charge in [0, 0.05) is 54.8 Å². The van der Waals surface area contributed by atoms with Crippen molar-refractivity contribution in [2.45, 2.75) is 232 Å². The third kappa shape index (κ3) is 11.3. The number of rotatable bonds is 28. The molecule has 0 spiro atoms. The highest BCUT2D eigenvalue weighted by molar-refractivity contribution is 6.04. The first-order chi connectivity index (χ1) is 28.2. The van der Waals surface area contributed by atoms with E-state index in [2.05, 4.69) is 20.8 Å². The summed E-state index contributed by atoms with van der Waals surface area (Å²) in [6, 6.07) is 0. The van der Waals surface area contributed by atoms with Gasteiger partial charge in [0.2, 0.25) is 0 Å². The van der Waals surface area contributed by atoms with Crippen molar-refractivity contribution in [3.05, 3.63) is 23.3 Å². The summed E-state index contributed by atoms with van der Waals surface area (Å²) in [6.45, 7) is 13.9. The predicted octanol–water partition coefficient (Wildman–Crippen LogP) is 11.0. The molecule has 8 atom stereocenters. The number of unbranched alkanes of at least 4 members (excludes halogenated alkanes) is 18. The van der Waals surface area contributed by atoms with Crippen LogP contribution in [0.3, 0.4) is 0 Å². The summed E-state index contributed by atoms with van der Waals surface area (Å²) in [6.07, 6.45) is 25.5. The van der Waals surface area contributed by atoms with Gasteiger partial charge in [-0.2, -0.15) is 0 Å². The van der Waals surface area contributed by atoms with E-state index in [0.717, 1.165) is 64.2 Å². The summed E-state index contributed by atoms with van der Waals surface area (Å²) < 4.78 is 18.9. The van der Waals surface area contributed by atoms with Crippen LogP contribution in [-0.4, -0.2) is 63.4 Å². The Morgan fingerprint density at radius 1 is 0.678 bits per heavy atom. The summed E-state index contributed by atoms with van der Waals surface area (Å²) in [7, 11) is 0. The van der Waals surface area contributed by atoms with Crippen molar-refractivity contribution < 1.29 is 43.6 Å². The van der Waals surface area contributed by atoms with E-state index in [-0.39, 0.29) is 44.2 Å². The molecule has 4 aliphatic rings. The van der Waals surface area contributed by atoms with Gasteiger partial charge in [-0.25, -0.2) is 0 Å². The Balaban J connectivity index is 1.61. The molecule has 4 rings (SSSR count). The first-order valence-corrected chi connectivity index (χ1v) is 24.1. The first kappa shape index (κ1) is 49.1. The molecule has 0 amide bonds. The number of Topliss-reactive ketones (excluding diaryl/α,β-unsaturated/α-hetero) is 1. The highest BCUT2D eigenvalue weighted by atomic mass is 16.6. The SMILES string of the molecule is CCCCCCCCCC(=O)OCC1=C[C@H]2[C@@H]3C(C)(C)[C@]3(OC(=O)CCCCCCCCC)[C@H](OC(=O)CCCCCCCCC)[C@@H](C)[C@]2(O)[C@@H]2C=C(C)C(=O)[C@@]2(O)C1. The summed E-state index contributed by atoms with van der Waals surface area (Å²) in [4.78, 5) is 54.5. The number of ketones is 1. The fourth-order valence-corrected chi connectivity index (χ4v) is 11.2. The van der Waals surface area contributed by atoms with Crippen molar-refractivity contribution in [3.8, 4) is 0 Å². The molecule has 9 heteroatoms. The van der Waals surface area contributed by atoms with Gasteiger partial charge in [0.05, 0.1) is 5.60 Å². The van der Waals surface area contributed by atoms with Crippen molar-refractivity contribution in [2.75, 3.05) is 6.61 Å². The molecule has 59 heavy (non-hydrogen) atoms. The van der Waals surface area contributed by atoms with Crippen LogP contribution in [0.15, 0.2) is 23.3 Å². The molecule has 0 bridgehead atoms. The van der Waals surface area contributed by atoms with E-state index in [4.69, 9.17) is 14.2 Å². The number of aliphatic hydroxyl groups is 2. The molecule has 0 saturated heterocycles. The maximum absolute atomic E-state index is 13.9. The van der Waals surface area contributed by atoms with Gasteiger partial charge in [0.25, 0.3) is 0 Å². The second-order valence-electron chi connectivity index (χ2n) is 19.4. The van der Waals surface area contributed by atoms with E-state index < -0.39 is 63.7 Å². The van der Waals surface area contributed by atoms with Crippen LogP contribution in [0.1, 0.15) is 209 Å². The minimum absolute atomic E-state index is 0.110.